The number of anilines is 1. The van der Waals surface area contributed by atoms with Crippen LogP contribution in [0.2, 0.25) is 5.02 Å². The van der Waals surface area contributed by atoms with Gasteiger partial charge in [0.25, 0.3) is 0 Å². The van der Waals surface area contributed by atoms with Gasteiger partial charge in [-0.05, 0) is 31.4 Å². The highest BCUT2D eigenvalue weighted by Gasteiger charge is 2.25. The number of amides is 2. The second-order valence-electron chi connectivity index (χ2n) is 7.39. The van der Waals surface area contributed by atoms with Gasteiger partial charge in [-0.25, -0.2) is 4.79 Å². The average Bonchev–Trinajstić information content (AvgIpc) is 2.92. The van der Waals surface area contributed by atoms with Crippen molar-refractivity contribution >= 4 is 23.3 Å². The predicted molar refractivity (Wildman–Crippen MR) is 107 cm³/mol. The van der Waals surface area contributed by atoms with Crippen molar-refractivity contribution in [3.8, 4) is 5.75 Å². The van der Waals surface area contributed by atoms with E-state index >= 15 is 0 Å². The third-order valence-corrected chi connectivity index (χ3v) is 5.96. The molecule has 0 aromatic heterocycles. The fourth-order valence-electron chi connectivity index (χ4n) is 3.90. The van der Waals surface area contributed by atoms with E-state index in [2.05, 4.69) is 16.3 Å². The number of carbonyl (C=O) groups excluding carboxylic acids is 1. The molecule has 144 valence electrons. The zero-order valence-electron chi connectivity index (χ0n) is 15.9. The van der Waals surface area contributed by atoms with Gasteiger partial charge >= 0.3 is 6.03 Å². The molecule has 3 rings (SSSR count). The number of ether oxygens (including phenoxy) is 1. The molecule has 26 heavy (non-hydrogen) atoms. The van der Waals surface area contributed by atoms with Gasteiger partial charge in [0.05, 0.1) is 12.8 Å². The molecule has 0 radical (unpaired) electrons. The highest BCUT2D eigenvalue weighted by atomic mass is 35.5. The van der Waals surface area contributed by atoms with Crippen molar-refractivity contribution in [3.05, 3.63) is 22.7 Å². The standard InChI is InChI=1S/C20H30ClN3O2/c1-15-13-18(19(26-2)14-17(15)21)23-9-11-24(12-10-23)20(25)22-16-7-5-3-4-6-8-16/h13-14,16H,3-12H2,1-2H3,(H,22,25). The summed E-state index contributed by atoms with van der Waals surface area (Å²) in [5.41, 5.74) is 2.09. The van der Waals surface area contributed by atoms with Gasteiger partial charge in [0.15, 0.2) is 0 Å². The molecule has 2 fully saturated rings. The van der Waals surface area contributed by atoms with Crippen LogP contribution in [0.5, 0.6) is 5.75 Å². The molecule has 0 spiro atoms. The quantitative estimate of drug-likeness (QED) is 0.800. The van der Waals surface area contributed by atoms with Crippen LogP contribution in [0.15, 0.2) is 12.1 Å². The molecule has 1 aliphatic heterocycles. The third-order valence-electron chi connectivity index (χ3n) is 5.55. The molecule has 0 atom stereocenters. The maximum absolute atomic E-state index is 12.6. The van der Waals surface area contributed by atoms with Crippen LogP contribution in [0.25, 0.3) is 0 Å². The van der Waals surface area contributed by atoms with E-state index in [1.807, 2.05) is 17.9 Å². The molecule has 0 bridgehead atoms. The van der Waals surface area contributed by atoms with Crippen LogP contribution in [-0.4, -0.2) is 50.3 Å². The molecular weight excluding hydrogens is 350 g/mol. The van der Waals surface area contributed by atoms with E-state index in [1.165, 1.54) is 25.7 Å². The molecule has 1 heterocycles. The van der Waals surface area contributed by atoms with Crippen LogP contribution in [-0.2, 0) is 0 Å². The third kappa shape index (κ3) is 4.56. The summed E-state index contributed by atoms with van der Waals surface area (Å²) in [6.45, 7) is 5.06. The number of carbonyl (C=O) groups is 1. The summed E-state index contributed by atoms with van der Waals surface area (Å²) in [7, 11) is 1.67. The first-order chi connectivity index (χ1) is 12.6. The first-order valence-corrected chi connectivity index (χ1v) is 10.1. The number of nitrogens with zero attached hydrogens (tertiary/aromatic N) is 2. The summed E-state index contributed by atoms with van der Waals surface area (Å²) in [6.07, 6.45) is 7.30. The monoisotopic (exact) mass is 379 g/mol. The minimum absolute atomic E-state index is 0.0933. The molecule has 1 saturated heterocycles. The number of hydrogen-bond acceptors (Lipinski definition) is 3. The SMILES string of the molecule is COc1cc(Cl)c(C)cc1N1CCN(C(=O)NC2CCCCCC2)CC1. The Balaban J connectivity index is 1.57. The van der Waals surface area contributed by atoms with Gasteiger partial charge in [-0.1, -0.05) is 37.3 Å². The van der Waals surface area contributed by atoms with Crippen LogP contribution in [0.3, 0.4) is 0 Å². The summed E-state index contributed by atoms with van der Waals surface area (Å²) in [5, 5.41) is 3.96. The van der Waals surface area contributed by atoms with E-state index in [9.17, 15) is 4.79 Å². The van der Waals surface area contributed by atoms with Crippen molar-refractivity contribution in [3.63, 3.8) is 0 Å². The Morgan fingerprint density at radius 3 is 2.38 bits per heavy atom. The Kier molecular flexibility index (Phi) is 6.52. The minimum Gasteiger partial charge on any atom is -0.495 e. The van der Waals surface area contributed by atoms with Crippen molar-refractivity contribution in [1.82, 2.24) is 10.2 Å². The van der Waals surface area contributed by atoms with E-state index in [-0.39, 0.29) is 6.03 Å². The van der Waals surface area contributed by atoms with Crippen molar-refractivity contribution in [1.29, 1.82) is 0 Å². The molecule has 1 N–H and O–H groups in total. The van der Waals surface area contributed by atoms with Crippen LogP contribution >= 0.6 is 11.6 Å². The molecule has 1 aliphatic carbocycles. The van der Waals surface area contributed by atoms with Gasteiger partial charge in [0.2, 0.25) is 0 Å². The van der Waals surface area contributed by atoms with E-state index in [4.69, 9.17) is 16.3 Å². The van der Waals surface area contributed by atoms with Gasteiger partial charge in [0.1, 0.15) is 5.75 Å². The average molecular weight is 380 g/mol. The lowest BCUT2D eigenvalue weighted by molar-refractivity contribution is 0.189. The number of nitrogens with one attached hydrogen (secondary N) is 1. The summed E-state index contributed by atoms with van der Waals surface area (Å²) in [6, 6.07) is 4.39. The Bertz CT molecular complexity index is 622. The lowest BCUT2D eigenvalue weighted by Crippen LogP contribution is -2.53. The fraction of sp³-hybridized carbons (Fsp3) is 0.650. The summed E-state index contributed by atoms with van der Waals surface area (Å²) in [4.78, 5) is 16.8. The van der Waals surface area contributed by atoms with E-state index in [0.717, 1.165) is 56.0 Å². The topological polar surface area (TPSA) is 44.8 Å². The van der Waals surface area contributed by atoms with Crippen molar-refractivity contribution < 1.29 is 9.53 Å². The molecule has 1 aromatic carbocycles. The Morgan fingerprint density at radius 1 is 1.12 bits per heavy atom. The summed E-state index contributed by atoms with van der Waals surface area (Å²) < 4.78 is 5.50. The van der Waals surface area contributed by atoms with Gasteiger partial charge < -0.3 is 19.9 Å². The van der Waals surface area contributed by atoms with Crippen LogP contribution < -0.4 is 15.0 Å². The molecule has 2 aliphatic rings. The second-order valence-corrected chi connectivity index (χ2v) is 7.79. The highest BCUT2D eigenvalue weighted by Crippen LogP contribution is 2.34. The number of benzene rings is 1. The van der Waals surface area contributed by atoms with Gasteiger partial charge in [-0.2, -0.15) is 0 Å². The van der Waals surface area contributed by atoms with Gasteiger partial charge in [0, 0.05) is 43.3 Å². The summed E-state index contributed by atoms with van der Waals surface area (Å²) in [5.74, 6) is 0.789. The largest absolute Gasteiger partial charge is 0.495 e. The van der Waals surface area contributed by atoms with Crippen LogP contribution in [0.1, 0.15) is 44.1 Å². The number of piperazine rings is 1. The van der Waals surface area contributed by atoms with Crippen molar-refractivity contribution in [2.75, 3.05) is 38.2 Å². The zero-order valence-corrected chi connectivity index (χ0v) is 16.6. The van der Waals surface area contributed by atoms with E-state index in [1.54, 1.807) is 7.11 Å². The highest BCUT2D eigenvalue weighted by molar-refractivity contribution is 6.31. The lowest BCUT2D eigenvalue weighted by Gasteiger charge is -2.37. The minimum atomic E-state index is 0.0933. The first kappa shape index (κ1) is 19.2. The molecule has 6 heteroatoms. The van der Waals surface area contributed by atoms with E-state index < -0.39 is 0 Å². The number of halogens is 1. The fourth-order valence-corrected chi connectivity index (χ4v) is 4.05. The Labute approximate surface area is 161 Å². The second kappa shape index (κ2) is 8.85. The Hall–Kier alpha value is -1.62. The molecule has 1 saturated carbocycles. The number of methoxy groups -OCH3 is 1. The van der Waals surface area contributed by atoms with E-state index in [0.29, 0.717) is 11.1 Å². The predicted octanol–water partition coefficient (Wildman–Crippen LogP) is 4.21. The molecule has 1 aromatic rings. The maximum atomic E-state index is 12.6. The Morgan fingerprint density at radius 2 is 1.77 bits per heavy atom. The van der Waals surface area contributed by atoms with Crippen molar-refractivity contribution in [2.24, 2.45) is 0 Å². The number of hydrogen-bond donors (Lipinski definition) is 1. The lowest BCUT2D eigenvalue weighted by atomic mass is 10.1. The summed E-state index contributed by atoms with van der Waals surface area (Å²) >= 11 is 6.21. The number of urea groups is 1. The molecular formula is C20H30ClN3O2. The van der Waals surface area contributed by atoms with Crippen LogP contribution in [0.4, 0.5) is 10.5 Å². The van der Waals surface area contributed by atoms with Crippen LogP contribution in [0, 0.1) is 6.92 Å². The number of rotatable bonds is 3. The smallest absolute Gasteiger partial charge is 0.317 e. The zero-order chi connectivity index (χ0) is 18.5. The molecule has 2 amide bonds. The van der Waals surface area contributed by atoms with Crippen molar-refractivity contribution in [2.45, 2.75) is 51.5 Å². The first-order valence-electron chi connectivity index (χ1n) is 9.73. The molecule has 5 nitrogen and oxygen atoms in total. The van der Waals surface area contributed by atoms with Gasteiger partial charge in [-0.15, -0.1) is 0 Å². The maximum Gasteiger partial charge on any atom is 0.317 e. The normalized spacial score (nSPS) is 19.2. The van der Waals surface area contributed by atoms with Gasteiger partial charge in [-0.3, -0.25) is 0 Å². The number of aryl methyl sites for hydroxylation is 1. The molecule has 0 unspecified atom stereocenters.